The van der Waals surface area contributed by atoms with Crippen molar-refractivity contribution >= 4 is 33.9 Å². The minimum absolute atomic E-state index is 0.0180. The third-order valence-electron chi connectivity index (χ3n) is 7.24. The van der Waals surface area contributed by atoms with Crippen molar-refractivity contribution in [3.05, 3.63) is 57.9 Å². The summed E-state index contributed by atoms with van der Waals surface area (Å²) < 4.78 is 7.74. The molecule has 7 nitrogen and oxygen atoms in total. The number of nitrogens with zero attached hydrogens (tertiary/aromatic N) is 3. The predicted molar refractivity (Wildman–Crippen MR) is 145 cm³/mol. The number of hydrogen-bond donors (Lipinski definition) is 1. The highest BCUT2D eigenvalue weighted by molar-refractivity contribution is 7.14. The van der Waals surface area contributed by atoms with Gasteiger partial charge in [-0.3, -0.25) is 9.59 Å². The van der Waals surface area contributed by atoms with Crippen molar-refractivity contribution in [3.8, 4) is 23.0 Å². The van der Waals surface area contributed by atoms with Crippen LogP contribution in [-0.2, 0) is 0 Å². The number of rotatable bonds is 8. The third-order valence-corrected chi connectivity index (χ3v) is 8.28. The van der Waals surface area contributed by atoms with Crippen molar-refractivity contribution in [2.75, 3.05) is 7.11 Å². The highest BCUT2D eigenvalue weighted by atomic mass is 32.1. The molecule has 1 saturated carbocycles. The van der Waals surface area contributed by atoms with Crippen LogP contribution >= 0.6 is 11.3 Å². The normalized spacial score (nSPS) is 17.7. The maximum absolute atomic E-state index is 13.0. The highest BCUT2D eigenvalue weighted by Crippen LogP contribution is 2.42. The van der Waals surface area contributed by atoms with E-state index in [9.17, 15) is 14.7 Å². The van der Waals surface area contributed by atoms with Gasteiger partial charge in [0.15, 0.2) is 17.4 Å². The average Bonchev–Trinajstić information content (AvgIpc) is 3.51. The van der Waals surface area contributed by atoms with E-state index in [-0.39, 0.29) is 29.3 Å². The molecular formula is C29H31N3O4S. The van der Waals surface area contributed by atoms with Crippen LogP contribution < -0.4 is 4.74 Å². The summed E-state index contributed by atoms with van der Waals surface area (Å²) in [6, 6.07) is 10.9. The Balaban J connectivity index is 1.57. The van der Waals surface area contributed by atoms with Gasteiger partial charge in [0.25, 0.3) is 0 Å². The molecule has 2 atom stereocenters. The summed E-state index contributed by atoms with van der Waals surface area (Å²) in [4.78, 5) is 36.9. The highest BCUT2D eigenvalue weighted by Gasteiger charge is 2.30. The summed E-state index contributed by atoms with van der Waals surface area (Å²) in [5.41, 5.74) is 2.38. The topological polar surface area (TPSA) is 94.3 Å². The fourth-order valence-corrected chi connectivity index (χ4v) is 6.25. The van der Waals surface area contributed by atoms with Crippen molar-refractivity contribution < 1.29 is 19.4 Å². The smallest absolute Gasteiger partial charge is 0.173 e. The molecule has 1 fully saturated rings. The number of methoxy groups -OCH3 is 1. The number of benzene rings is 1. The molecule has 1 N–H and O–H groups in total. The first-order valence-corrected chi connectivity index (χ1v) is 13.6. The van der Waals surface area contributed by atoms with Gasteiger partial charge in [-0.1, -0.05) is 13.3 Å². The van der Waals surface area contributed by atoms with E-state index < -0.39 is 0 Å². The van der Waals surface area contributed by atoms with Gasteiger partial charge in [-0.05, 0) is 62.4 Å². The van der Waals surface area contributed by atoms with Crippen LogP contribution in [0.2, 0.25) is 0 Å². The zero-order chi connectivity index (χ0) is 26.1. The Kier molecular flexibility index (Phi) is 7.11. The number of aryl methyl sites for hydroxylation is 1. The molecule has 1 aliphatic rings. The number of ether oxygens (including phenoxy) is 1. The number of aromatic hydroxyl groups is 1. The van der Waals surface area contributed by atoms with E-state index in [0.29, 0.717) is 41.2 Å². The van der Waals surface area contributed by atoms with Gasteiger partial charge in [-0.2, -0.15) is 0 Å². The van der Waals surface area contributed by atoms with E-state index in [4.69, 9.17) is 9.72 Å². The number of carbonyl (C=O) groups is 2. The molecule has 0 unspecified atom stereocenters. The first-order chi connectivity index (χ1) is 17.9. The van der Waals surface area contributed by atoms with E-state index in [1.165, 1.54) is 0 Å². The number of ketones is 2. The Morgan fingerprint density at radius 2 is 2.03 bits per heavy atom. The number of hydrogen-bond acceptors (Lipinski definition) is 7. The SMILES string of the molecule is CCC(=O)c1cc2nc(-c3ncccc3O)n([C@H]3CCC[C@@H](CC(=O)c4ccc(C)s4)C3)c2cc1OC. The second-order valence-electron chi connectivity index (χ2n) is 9.72. The van der Waals surface area contributed by atoms with Gasteiger partial charge in [0, 0.05) is 36.0 Å². The van der Waals surface area contributed by atoms with Crippen LogP contribution in [0.15, 0.2) is 42.6 Å². The van der Waals surface area contributed by atoms with Crippen molar-refractivity contribution in [2.24, 2.45) is 5.92 Å². The summed E-state index contributed by atoms with van der Waals surface area (Å²) in [6.07, 6.45) is 6.25. The second-order valence-corrected chi connectivity index (χ2v) is 11.0. The Hall–Kier alpha value is -3.52. The van der Waals surface area contributed by atoms with Crippen molar-refractivity contribution in [2.45, 2.75) is 58.4 Å². The van der Waals surface area contributed by atoms with Crippen LogP contribution in [0.4, 0.5) is 0 Å². The lowest BCUT2D eigenvalue weighted by atomic mass is 9.82. The van der Waals surface area contributed by atoms with Gasteiger partial charge < -0.3 is 14.4 Å². The van der Waals surface area contributed by atoms with E-state index in [1.54, 1.807) is 42.8 Å². The van der Waals surface area contributed by atoms with Gasteiger partial charge in [-0.25, -0.2) is 9.97 Å². The fourth-order valence-electron chi connectivity index (χ4n) is 5.43. The van der Waals surface area contributed by atoms with Crippen LogP contribution in [0, 0.1) is 12.8 Å². The molecule has 0 radical (unpaired) electrons. The van der Waals surface area contributed by atoms with Crippen molar-refractivity contribution in [3.63, 3.8) is 0 Å². The van der Waals surface area contributed by atoms with E-state index in [0.717, 1.165) is 41.0 Å². The van der Waals surface area contributed by atoms with Crippen molar-refractivity contribution in [1.82, 2.24) is 14.5 Å². The van der Waals surface area contributed by atoms with Gasteiger partial charge >= 0.3 is 0 Å². The summed E-state index contributed by atoms with van der Waals surface area (Å²) in [5, 5.41) is 10.7. The first kappa shape index (κ1) is 25.1. The predicted octanol–water partition coefficient (Wildman–Crippen LogP) is 6.78. The summed E-state index contributed by atoms with van der Waals surface area (Å²) in [6.45, 7) is 3.84. The second kappa shape index (κ2) is 10.5. The largest absolute Gasteiger partial charge is 0.506 e. The molecule has 0 amide bonds. The Morgan fingerprint density at radius 3 is 2.73 bits per heavy atom. The molecule has 8 heteroatoms. The van der Waals surface area contributed by atoms with Gasteiger partial charge in [0.2, 0.25) is 0 Å². The molecular weight excluding hydrogens is 486 g/mol. The molecule has 1 aromatic carbocycles. The van der Waals surface area contributed by atoms with Gasteiger partial charge in [0.1, 0.15) is 17.2 Å². The molecule has 3 heterocycles. The minimum Gasteiger partial charge on any atom is -0.506 e. The number of carbonyl (C=O) groups excluding carboxylic acids is 2. The molecule has 5 rings (SSSR count). The Morgan fingerprint density at radius 1 is 1.19 bits per heavy atom. The number of thiophene rings is 1. The van der Waals surface area contributed by atoms with Crippen LogP contribution in [0.1, 0.15) is 76.4 Å². The van der Waals surface area contributed by atoms with Crippen LogP contribution in [0.25, 0.3) is 22.6 Å². The minimum atomic E-state index is -0.0180. The maximum atomic E-state index is 13.0. The summed E-state index contributed by atoms with van der Waals surface area (Å²) in [7, 11) is 1.56. The standard InChI is InChI=1S/C29H31N3O4S/c1-4-23(33)20-15-21-22(16-26(20)36-3)32(29(31-21)28-24(34)9-6-12-30-28)19-8-5-7-18(13-19)14-25(35)27-11-10-17(2)37-27/h6,9-12,15-16,18-19,34H,4-5,7-8,13-14H2,1-3H3/t18-,19+/m1/s1. The van der Waals surface area contributed by atoms with Gasteiger partial charge in [-0.15, -0.1) is 11.3 Å². The van der Waals surface area contributed by atoms with E-state index in [2.05, 4.69) is 9.55 Å². The lowest BCUT2D eigenvalue weighted by Crippen LogP contribution is -2.22. The van der Waals surface area contributed by atoms with Crippen LogP contribution in [-0.4, -0.2) is 38.3 Å². The zero-order valence-corrected chi connectivity index (χ0v) is 22.2. The summed E-state index contributed by atoms with van der Waals surface area (Å²) >= 11 is 1.55. The quantitative estimate of drug-likeness (QED) is 0.259. The van der Waals surface area contributed by atoms with E-state index >= 15 is 0 Å². The average molecular weight is 518 g/mol. The number of Topliss-reactive ketones (excluding diaryl/α,β-unsaturated/α-hetero) is 2. The lowest BCUT2D eigenvalue weighted by molar-refractivity contribution is 0.0944. The zero-order valence-electron chi connectivity index (χ0n) is 21.4. The molecule has 0 bridgehead atoms. The molecule has 1 aliphatic carbocycles. The first-order valence-electron chi connectivity index (χ1n) is 12.8. The molecule has 0 saturated heterocycles. The number of fused-ring (bicyclic) bond motifs is 1. The monoisotopic (exact) mass is 517 g/mol. The third kappa shape index (κ3) is 4.90. The number of pyridine rings is 1. The molecule has 0 aliphatic heterocycles. The maximum Gasteiger partial charge on any atom is 0.173 e. The Bertz CT molecular complexity index is 1470. The van der Waals surface area contributed by atoms with Gasteiger partial charge in [0.05, 0.1) is 28.6 Å². The summed E-state index contributed by atoms with van der Waals surface area (Å²) in [5.74, 6) is 1.54. The Labute approximate surface area is 220 Å². The number of imidazole rings is 1. The molecule has 192 valence electrons. The van der Waals surface area contributed by atoms with Crippen LogP contribution in [0.3, 0.4) is 0 Å². The molecule has 4 aromatic rings. The van der Waals surface area contributed by atoms with E-state index in [1.807, 2.05) is 32.0 Å². The van der Waals surface area contributed by atoms with Crippen LogP contribution in [0.5, 0.6) is 11.5 Å². The lowest BCUT2D eigenvalue weighted by Gasteiger charge is -2.31. The number of aromatic nitrogens is 3. The molecule has 0 spiro atoms. The molecule has 3 aromatic heterocycles. The molecule has 37 heavy (non-hydrogen) atoms. The fraction of sp³-hybridized carbons (Fsp3) is 0.379. The van der Waals surface area contributed by atoms with Crippen molar-refractivity contribution in [1.29, 1.82) is 0 Å².